The van der Waals surface area contributed by atoms with Gasteiger partial charge >= 0.3 is 0 Å². The first kappa shape index (κ1) is 10.7. The van der Waals surface area contributed by atoms with Gasteiger partial charge in [-0.15, -0.1) is 0 Å². The molecule has 2 heterocycles. The van der Waals surface area contributed by atoms with Crippen molar-refractivity contribution in [2.24, 2.45) is 5.92 Å². The third-order valence-electron chi connectivity index (χ3n) is 2.83. The highest BCUT2D eigenvalue weighted by Gasteiger charge is 2.16. The molecule has 1 unspecified atom stereocenters. The van der Waals surface area contributed by atoms with Crippen LogP contribution in [-0.2, 0) is 0 Å². The number of H-pyrrole nitrogens is 2. The van der Waals surface area contributed by atoms with E-state index in [4.69, 9.17) is 5.73 Å². The minimum Gasteiger partial charge on any atom is -0.369 e. The summed E-state index contributed by atoms with van der Waals surface area (Å²) in [6.45, 7) is 6.26. The van der Waals surface area contributed by atoms with Crippen molar-refractivity contribution in [3.63, 3.8) is 0 Å². The van der Waals surface area contributed by atoms with Gasteiger partial charge in [-0.25, -0.2) is 4.98 Å². The van der Waals surface area contributed by atoms with Crippen LogP contribution in [0.2, 0.25) is 0 Å². The van der Waals surface area contributed by atoms with E-state index in [0.29, 0.717) is 17.1 Å². The molecule has 2 aromatic rings. The Morgan fingerprint density at radius 1 is 1.19 bits per heavy atom. The molecule has 0 spiro atoms. The molecule has 0 saturated heterocycles. The van der Waals surface area contributed by atoms with E-state index in [9.17, 15) is 4.79 Å². The number of imidazole rings is 1. The Kier molecular flexibility index (Phi) is 2.41. The average Bonchev–Trinajstić information content (AvgIpc) is 2.60. The lowest BCUT2D eigenvalue weighted by Gasteiger charge is -2.11. The molecule has 0 amide bonds. The normalized spacial score (nSPS) is 13.5. The number of hydrogen-bond donors (Lipinski definition) is 3. The monoisotopic (exact) mass is 221 g/mol. The Hall–Kier alpha value is -1.85. The van der Waals surface area contributed by atoms with Crippen molar-refractivity contribution in [2.45, 2.75) is 26.7 Å². The van der Waals surface area contributed by atoms with Crippen molar-refractivity contribution in [2.75, 3.05) is 5.73 Å². The number of nitrogens with one attached hydrogen (secondary N) is 2. The lowest BCUT2D eigenvalue weighted by atomic mass is 9.98. The second-order valence-electron chi connectivity index (χ2n) is 4.30. The van der Waals surface area contributed by atoms with Crippen LogP contribution < -0.4 is 11.3 Å². The molecule has 1 atom stereocenters. The molecule has 0 aliphatic heterocycles. The smallest absolute Gasteiger partial charge is 0.278 e. The second kappa shape index (κ2) is 3.62. The van der Waals surface area contributed by atoms with E-state index in [2.05, 4.69) is 40.7 Å². The van der Waals surface area contributed by atoms with E-state index in [1.165, 1.54) is 0 Å². The molecule has 0 aromatic carbocycles. The third kappa shape index (κ3) is 1.66. The summed E-state index contributed by atoms with van der Waals surface area (Å²) >= 11 is 0. The predicted octanol–water partition coefficient (Wildman–Crippen LogP) is 0.988. The van der Waals surface area contributed by atoms with Gasteiger partial charge in [0.05, 0.1) is 0 Å². The summed E-state index contributed by atoms with van der Waals surface area (Å²) in [5.41, 5.74) is 5.93. The lowest BCUT2D eigenvalue weighted by molar-refractivity contribution is 0.515. The number of nitrogens with zero attached hydrogens (tertiary/aromatic N) is 2. The Labute approximate surface area is 92.3 Å². The summed E-state index contributed by atoms with van der Waals surface area (Å²) in [5.74, 6) is 1.55. The van der Waals surface area contributed by atoms with Crippen LogP contribution in [0.1, 0.15) is 32.5 Å². The van der Waals surface area contributed by atoms with Crippen LogP contribution in [0.5, 0.6) is 0 Å². The molecule has 6 nitrogen and oxygen atoms in total. The molecule has 0 fully saturated rings. The van der Waals surface area contributed by atoms with Crippen LogP contribution >= 0.6 is 0 Å². The number of aromatic nitrogens is 4. The number of nitrogen functional groups attached to an aromatic ring is 1. The molecule has 6 heteroatoms. The fourth-order valence-corrected chi connectivity index (χ4v) is 1.47. The van der Waals surface area contributed by atoms with E-state index in [0.717, 1.165) is 5.82 Å². The molecule has 0 aliphatic carbocycles. The van der Waals surface area contributed by atoms with Crippen molar-refractivity contribution in [3.8, 4) is 0 Å². The average molecular weight is 221 g/mol. The zero-order valence-electron chi connectivity index (χ0n) is 9.53. The standard InChI is InChI=1S/C10H15N5O/c1-4(2)5(3)7-12-6-8(13-7)14-10(11)15-9(6)16/h4-5H,1-3H3,(H4,11,12,13,14,15,16). The van der Waals surface area contributed by atoms with Crippen LogP contribution in [0.25, 0.3) is 11.2 Å². The Morgan fingerprint density at radius 2 is 1.88 bits per heavy atom. The van der Waals surface area contributed by atoms with Gasteiger partial charge in [0, 0.05) is 5.92 Å². The van der Waals surface area contributed by atoms with E-state index in [1.54, 1.807) is 0 Å². The van der Waals surface area contributed by atoms with Gasteiger partial charge in [0.1, 0.15) is 5.82 Å². The maximum atomic E-state index is 11.6. The van der Waals surface area contributed by atoms with Gasteiger partial charge in [0.15, 0.2) is 11.2 Å². The zero-order chi connectivity index (χ0) is 11.9. The third-order valence-corrected chi connectivity index (χ3v) is 2.83. The largest absolute Gasteiger partial charge is 0.369 e. The van der Waals surface area contributed by atoms with Gasteiger partial charge in [0.2, 0.25) is 5.95 Å². The van der Waals surface area contributed by atoms with Gasteiger partial charge in [0.25, 0.3) is 5.56 Å². The number of aromatic amines is 2. The number of nitrogens with two attached hydrogens (primary N) is 1. The highest BCUT2D eigenvalue weighted by molar-refractivity contribution is 5.70. The lowest BCUT2D eigenvalue weighted by Crippen LogP contribution is -2.11. The maximum Gasteiger partial charge on any atom is 0.278 e. The molecular formula is C10H15N5O. The van der Waals surface area contributed by atoms with Crippen molar-refractivity contribution in [3.05, 3.63) is 16.2 Å². The van der Waals surface area contributed by atoms with Gasteiger partial charge < -0.3 is 10.7 Å². The fourth-order valence-electron chi connectivity index (χ4n) is 1.47. The first-order valence-corrected chi connectivity index (χ1v) is 5.24. The topological polar surface area (TPSA) is 100 Å². The van der Waals surface area contributed by atoms with Crippen LogP contribution in [0.4, 0.5) is 5.95 Å². The molecule has 2 rings (SSSR count). The summed E-state index contributed by atoms with van der Waals surface area (Å²) in [7, 11) is 0. The summed E-state index contributed by atoms with van der Waals surface area (Å²) < 4.78 is 0. The number of anilines is 1. The minimum absolute atomic E-state index is 0.0905. The summed E-state index contributed by atoms with van der Waals surface area (Å²) in [5, 5.41) is 0. The van der Waals surface area contributed by atoms with Crippen molar-refractivity contribution >= 4 is 17.1 Å². The van der Waals surface area contributed by atoms with Gasteiger partial charge in [-0.1, -0.05) is 20.8 Å². The molecule has 0 radical (unpaired) electrons. The summed E-state index contributed by atoms with van der Waals surface area (Å²) in [6.07, 6.45) is 0. The molecule has 16 heavy (non-hydrogen) atoms. The Morgan fingerprint density at radius 3 is 2.50 bits per heavy atom. The highest BCUT2D eigenvalue weighted by Crippen LogP contribution is 2.21. The predicted molar refractivity (Wildman–Crippen MR) is 62.2 cm³/mol. The molecule has 4 N–H and O–H groups in total. The van der Waals surface area contributed by atoms with Gasteiger partial charge in [-0.05, 0) is 5.92 Å². The first-order valence-electron chi connectivity index (χ1n) is 5.24. The fraction of sp³-hybridized carbons (Fsp3) is 0.500. The molecule has 86 valence electrons. The number of fused-ring (bicyclic) bond motifs is 1. The molecule has 0 bridgehead atoms. The highest BCUT2D eigenvalue weighted by atomic mass is 16.1. The molecular weight excluding hydrogens is 206 g/mol. The van der Waals surface area contributed by atoms with Crippen molar-refractivity contribution in [1.29, 1.82) is 0 Å². The Bertz CT molecular complexity index is 568. The quantitative estimate of drug-likeness (QED) is 0.703. The first-order chi connectivity index (χ1) is 7.49. The van der Waals surface area contributed by atoms with E-state index >= 15 is 0 Å². The Balaban J connectivity index is 2.60. The summed E-state index contributed by atoms with van der Waals surface area (Å²) in [6, 6.07) is 0. The van der Waals surface area contributed by atoms with Crippen LogP contribution in [-0.4, -0.2) is 19.9 Å². The summed E-state index contributed by atoms with van der Waals surface area (Å²) in [4.78, 5) is 25.3. The SMILES string of the molecule is CC(C)C(C)c1nc2nc(N)[nH]c(=O)c2[nH]1. The minimum atomic E-state index is -0.280. The van der Waals surface area contributed by atoms with E-state index in [1.807, 2.05) is 0 Å². The number of hydrogen-bond acceptors (Lipinski definition) is 4. The maximum absolute atomic E-state index is 11.6. The number of rotatable bonds is 2. The van der Waals surface area contributed by atoms with Gasteiger partial charge in [-0.3, -0.25) is 9.78 Å². The van der Waals surface area contributed by atoms with Crippen LogP contribution in [0.15, 0.2) is 4.79 Å². The van der Waals surface area contributed by atoms with Crippen molar-refractivity contribution in [1.82, 2.24) is 19.9 Å². The van der Waals surface area contributed by atoms with E-state index < -0.39 is 0 Å². The zero-order valence-corrected chi connectivity index (χ0v) is 9.53. The second-order valence-corrected chi connectivity index (χ2v) is 4.30. The van der Waals surface area contributed by atoms with E-state index in [-0.39, 0.29) is 17.4 Å². The van der Waals surface area contributed by atoms with Crippen LogP contribution in [0, 0.1) is 5.92 Å². The van der Waals surface area contributed by atoms with Crippen LogP contribution in [0.3, 0.4) is 0 Å². The van der Waals surface area contributed by atoms with Gasteiger partial charge in [-0.2, -0.15) is 4.98 Å². The van der Waals surface area contributed by atoms with Crippen molar-refractivity contribution < 1.29 is 0 Å². The molecule has 2 aromatic heterocycles. The molecule has 0 saturated carbocycles. The molecule has 0 aliphatic rings.